The van der Waals surface area contributed by atoms with Crippen molar-refractivity contribution in [1.82, 2.24) is 0 Å². The lowest BCUT2D eigenvalue weighted by molar-refractivity contribution is 0.434. The first kappa shape index (κ1) is 16.5. The van der Waals surface area contributed by atoms with Crippen LogP contribution in [-0.4, -0.2) is 0 Å². The van der Waals surface area contributed by atoms with Crippen molar-refractivity contribution in [3.63, 3.8) is 0 Å². The molecule has 0 radical (unpaired) electrons. The van der Waals surface area contributed by atoms with E-state index in [9.17, 15) is 0 Å². The third-order valence-corrected chi connectivity index (χ3v) is 6.63. The summed E-state index contributed by atoms with van der Waals surface area (Å²) in [5, 5.41) is -0.0238. The summed E-state index contributed by atoms with van der Waals surface area (Å²) in [4.78, 5) is 0. The molecule has 0 N–H and O–H groups in total. The Bertz CT molecular complexity index is 553. The van der Waals surface area contributed by atoms with Gasteiger partial charge in [0.2, 0.25) is 0 Å². The average Bonchev–Trinajstić information content (AvgIpc) is 2.79. The molecule has 20 heavy (non-hydrogen) atoms. The Morgan fingerprint density at radius 1 is 1.20 bits per heavy atom. The Morgan fingerprint density at radius 2 is 1.85 bits per heavy atom. The molecule has 0 nitrogen and oxygen atoms in total. The van der Waals surface area contributed by atoms with Gasteiger partial charge in [0, 0.05) is 5.92 Å². The molecule has 1 aromatic carbocycles. The second-order valence-corrected chi connectivity index (χ2v) is 9.22. The monoisotopic (exact) mass is 434 g/mol. The van der Waals surface area contributed by atoms with Gasteiger partial charge >= 0.3 is 0 Å². The zero-order valence-electron chi connectivity index (χ0n) is 11.4. The minimum absolute atomic E-state index is 0.0238. The summed E-state index contributed by atoms with van der Waals surface area (Å²) in [7, 11) is 0. The van der Waals surface area contributed by atoms with Crippen molar-refractivity contribution >= 4 is 54.8 Å². The average molecular weight is 437 g/mol. The van der Waals surface area contributed by atoms with Crippen LogP contribution in [0.25, 0.3) is 0 Å². The molecule has 1 heterocycles. The first-order valence-corrected chi connectivity index (χ1v) is 9.52. The van der Waals surface area contributed by atoms with Gasteiger partial charge in [-0.15, -0.1) is 22.9 Å². The Kier molecular flexibility index (Phi) is 6.15. The van der Waals surface area contributed by atoms with Crippen molar-refractivity contribution < 1.29 is 0 Å². The normalized spacial score (nSPS) is 15.8. The molecule has 4 heteroatoms. The number of hydrogen-bond donors (Lipinski definition) is 0. The first-order chi connectivity index (χ1) is 9.54. The third-order valence-electron chi connectivity index (χ3n) is 3.74. The van der Waals surface area contributed by atoms with Gasteiger partial charge in [0.1, 0.15) is 0 Å². The second-order valence-electron chi connectivity index (χ2n) is 5.00. The number of benzene rings is 1. The van der Waals surface area contributed by atoms with E-state index in [0.717, 1.165) is 14.0 Å². The second kappa shape index (κ2) is 7.44. The van der Waals surface area contributed by atoms with E-state index >= 15 is 0 Å². The summed E-state index contributed by atoms with van der Waals surface area (Å²) in [5.41, 5.74) is 2.49. The quantitative estimate of drug-likeness (QED) is 0.429. The van der Waals surface area contributed by atoms with Crippen LogP contribution in [0, 0.1) is 5.92 Å². The molecule has 0 bridgehead atoms. The Balaban J connectivity index is 2.39. The van der Waals surface area contributed by atoms with Gasteiger partial charge in [0.05, 0.1) is 12.9 Å². The summed E-state index contributed by atoms with van der Waals surface area (Å²) in [6, 6.07) is 12.7. The molecule has 0 saturated heterocycles. The lowest BCUT2D eigenvalue weighted by Crippen LogP contribution is -2.14. The standard InChI is InChI=1S/C16H17Br2ClS/c1-3-10(2)14(11-7-5-4-6-8-11)15(19)12-9-13(17)20-16(12)18/h4-10,14-15H,3H2,1-2H3. The van der Waals surface area contributed by atoms with E-state index in [4.69, 9.17) is 11.6 Å². The van der Waals surface area contributed by atoms with Crippen molar-refractivity contribution in [2.24, 2.45) is 5.92 Å². The van der Waals surface area contributed by atoms with Crippen LogP contribution in [0.3, 0.4) is 0 Å². The fourth-order valence-corrected chi connectivity index (χ4v) is 6.14. The van der Waals surface area contributed by atoms with E-state index in [1.54, 1.807) is 11.3 Å². The van der Waals surface area contributed by atoms with Crippen LogP contribution in [0.4, 0.5) is 0 Å². The van der Waals surface area contributed by atoms with Crippen molar-refractivity contribution in [3.05, 3.63) is 55.1 Å². The Hall–Kier alpha value is 0.170. The molecule has 0 saturated carbocycles. The molecule has 0 aliphatic carbocycles. The van der Waals surface area contributed by atoms with Gasteiger partial charge in [-0.25, -0.2) is 0 Å². The zero-order chi connectivity index (χ0) is 14.7. The number of halogens is 3. The molecular weight excluding hydrogens is 420 g/mol. The molecule has 3 atom stereocenters. The van der Waals surface area contributed by atoms with Crippen LogP contribution in [0.2, 0.25) is 0 Å². The van der Waals surface area contributed by atoms with Crippen LogP contribution in [-0.2, 0) is 0 Å². The third kappa shape index (κ3) is 3.68. The number of alkyl halides is 1. The highest BCUT2D eigenvalue weighted by Crippen LogP contribution is 2.47. The van der Waals surface area contributed by atoms with Crippen LogP contribution in [0.15, 0.2) is 44.0 Å². The van der Waals surface area contributed by atoms with Crippen molar-refractivity contribution in [1.29, 1.82) is 0 Å². The molecule has 2 aromatic rings. The number of hydrogen-bond acceptors (Lipinski definition) is 1. The van der Waals surface area contributed by atoms with E-state index in [1.165, 1.54) is 11.1 Å². The molecule has 0 aliphatic rings. The van der Waals surface area contributed by atoms with Crippen LogP contribution in [0.5, 0.6) is 0 Å². The maximum atomic E-state index is 6.85. The van der Waals surface area contributed by atoms with E-state index in [-0.39, 0.29) is 5.38 Å². The van der Waals surface area contributed by atoms with Crippen LogP contribution < -0.4 is 0 Å². The van der Waals surface area contributed by atoms with Gasteiger partial charge in [-0.2, -0.15) is 0 Å². The topological polar surface area (TPSA) is 0 Å². The summed E-state index contributed by atoms with van der Waals surface area (Å²) in [5.74, 6) is 0.853. The minimum atomic E-state index is -0.0238. The highest BCUT2D eigenvalue weighted by Gasteiger charge is 2.29. The molecule has 2 rings (SSSR count). The summed E-state index contributed by atoms with van der Waals surface area (Å²) in [6.07, 6.45) is 1.12. The molecule has 1 aromatic heterocycles. The maximum Gasteiger partial charge on any atom is 0.0757 e. The van der Waals surface area contributed by atoms with Gasteiger partial charge in [-0.1, -0.05) is 50.6 Å². The lowest BCUT2D eigenvalue weighted by Gasteiger charge is -2.28. The molecule has 3 unspecified atom stereocenters. The summed E-state index contributed by atoms with van der Waals surface area (Å²) < 4.78 is 2.23. The fraction of sp³-hybridized carbons (Fsp3) is 0.375. The minimum Gasteiger partial charge on any atom is -0.121 e. The Labute approximate surface area is 146 Å². The largest absolute Gasteiger partial charge is 0.121 e. The van der Waals surface area contributed by atoms with E-state index in [2.05, 4.69) is 82.1 Å². The van der Waals surface area contributed by atoms with Crippen molar-refractivity contribution in [2.75, 3.05) is 0 Å². The van der Waals surface area contributed by atoms with E-state index < -0.39 is 0 Å². The summed E-state index contributed by atoms with van der Waals surface area (Å²) in [6.45, 7) is 4.51. The first-order valence-electron chi connectivity index (χ1n) is 6.68. The molecule has 0 spiro atoms. The number of thiophene rings is 1. The summed E-state index contributed by atoms with van der Waals surface area (Å²) >= 11 is 15.7. The number of rotatable bonds is 5. The van der Waals surface area contributed by atoms with Gasteiger partial charge in [-0.3, -0.25) is 0 Å². The van der Waals surface area contributed by atoms with E-state index in [1.807, 2.05) is 0 Å². The molecule has 0 fully saturated rings. The van der Waals surface area contributed by atoms with Crippen LogP contribution >= 0.6 is 54.8 Å². The molecule has 0 aliphatic heterocycles. The van der Waals surface area contributed by atoms with Crippen molar-refractivity contribution in [3.8, 4) is 0 Å². The SMILES string of the molecule is CCC(C)C(c1ccccc1)C(Cl)c1cc(Br)sc1Br. The molecular formula is C16H17Br2ClS. The molecule has 108 valence electrons. The fourth-order valence-electron chi connectivity index (χ4n) is 2.45. The van der Waals surface area contributed by atoms with Gasteiger partial charge < -0.3 is 0 Å². The lowest BCUT2D eigenvalue weighted by atomic mass is 9.81. The smallest absolute Gasteiger partial charge is 0.0757 e. The maximum absolute atomic E-state index is 6.85. The Morgan fingerprint density at radius 3 is 2.35 bits per heavy atom. The molecule has 0 amide bonds. The van der Waals surface area contributed by atoms with Gasteiger partial charge in [0.25, 0.3) is 0 Å². The van der Waals surface area contributed by atoms with E-state index in [0.29, 0.717) is 11.8 Å². The predicted octanol–water partition coefficient (Wildman–Crippen LogP) is 7.38. The predicted molar refractivity (Wildman–Crippen MR) is 97.0 cm³/mol. The highest BCUT2D eigenvalue weighted by atomic mass is 79.9. The van der Waals surface area contributed by atoms with Crippen LogP contribution in [0.1, 0.15) is 42.7 Å². The van der Waals surface area contributed by atoms with Gasteiger partial charge in [-0.05, 0) is 55.0 Å². The van der Waals surface area contributed by atoms with Gasteiger partial charge in [0.15, 0.2) is 0 Å². The zero-order valence-corrected chi connectivity index (χ0v) is 16.2. The highest BCUT2D eigenvalue weighted by molar-refractivity contribution is 9.12. The van der Waals surface area contributed by atoms with Crippen molar-refractivity contribution in [2.45, 2.75) is 31.6 Å².